The summed E-state index contributed by atoms with van der Waals surface area (Å²) < 4.78 is 0. The molecular formula is C14H24O. The lowest BCUT2D eigenvalue weighted by atomic mass is 9.63. The van der Waals surface area contributed by atoms with E-state index in [0.717, 1.165) is 6.42 Å². The number of aliphatic hydroxyl groups is 1. The maximum absolute atomic E-state index is 10.8. The number of hydrogen-bond donors (Lipinski definition) is 1. The van der Waals surface area contributed by atoms with Gasteiger partial charge < -0.3 is 5.11 Å². The van der Waals surface area contributed by atoms with Crippen molar-refractivity contribution in [2.45, 2.75) is 59.5 Å². The highest BCUT2D eigenvalue weighted by Crippen LogP contribution is 2.65. The van der Waals surface area contributed by atoms with Crippen molar-refractivity contribution in [3.05, 3.63) is 11.6 Å². The van der Waals surface area contributed by atoms with Crippen LogP contribution in [0, 0.1) is 16.7 Å². The average Bonchev–Trinajstić information content (AvgIpc) is 2.26. The normalized spacial score (nSPS) is 42.3. The molecule has 2 atom stereocenters. The van der Waals surface area contributed by atoms with Gasteiger partial charge in [-0.05, 0) is 43.1 Å². The lowest BCUT2D eigenvalue weighted by Gasteiger charge is -2.43. The Morgan fingerprint density at radius 3 is 2.33 bits per heavy atom. The van der Waals surface area contributed by atoms with Crippen molar-refractivity contribution >= 4 is 0 Å². The van der Waals surface area contributed by atoms with Crippen molar-refractivity contribution in [1.29, 1.82) is 0 Å². The summed E-state index contributed by atoms with van der Waals surface area (Å²) in [7, 11) is 0. The van der Waals surface area contributed by atoms with Crippen molar-refractivity contribution in [3.8, 4) is 0 Å². The Bertz CT molecular complexity index is 307. The molecule has 0 bridgehead atoms. The van der Waals surface area contributed by atoms with Crippen molar-refractivity contribution in [2.24, 2.45) is 16.7 Å². The molecule has 1 nitrogen and oxygen atoms in total. The molecule has 2 rings (SSSR count). The van der Waals surface area contributed by atoms with E-state index in [1.807, 2.05) is 6.92 Å². The molecule has 0 saturated heterocycles. The van der Waals surface area contributed by atoms with Crippen molar-refractivity contribution in [2.75, 3.05) is 0 Å². The van der Waals surface area contributed by atoms with Crippen LogP contribution in [0.3, 0.4) is 0 Å². The molecule has 1 fully saturated rings. The van der Waals surface area contributed by atoms with E-state index in [9.17, 15) is 5.11 Å². The molecule has 0 radical (unpaired) electrons. The van der Waals surface area contributed by atoms with Gasteiger partial charge in [0.15, 0.2) is 0 Å². The van der Waals surface area contributed by atoms with E-state index in [1.165, 1.54) is 18.4 Å². The molecule has 0 amide bonds. The summed E-state index contributed by atoms with van der Waals surface area (Å²) in [6.45, 7) is 11.1. The largest absolute Gasteiger partial charge is 0.385 e. The van der Waals surface area contributed by atoms with E-state index in [-0.39, 0.29) is 10.8 Å². The summed E-state index contributed by atoms with van der Waals surface area (Å²) in [5.74, 6) is 0.580. The highest BCUT2D eigenvalue weighted by atomic mass is 16.3. The average molecular weight is 208 g/mol. The predicted octanol–water partition coefficient (Wildman–Crippen LogP) is 3.53. The first-order valence-corrected chi connectivity index (χ1v) is 6.16. The Morgan fingerprint density at radius 2 is 1.80 bits per heavy atom. The van der Waals surface area contributed by atoms with Gasteiger partial charge in [0.05, 0.1) is 5.60 Å². The van der Waals surface area contributed by atoms with E-state index < -0.39 is 5.60 Å². The molecule has 2 unspecified atom stereocenters. The zero-order chi connectivity index (χ0) is 11.5. The van der Waals surface area contributed by atoms with Gasteiger partial charge in [-0.2, -0.15) is 0 Å². The van der Waals surface area contributed by atoms with E-state index in [0.29, 0.717) is 5.92 Å². The molecule has 0 aromatic heterocycles. The molecule has 0 spiro atoms. The lowest BCUT2D eigenvalue weighted by molar-refractivity contribution is -0.0518. The summed E-state index contributed by atoms with van der Waals surface area (Å²) in [6.07, 6.45) is 5.97. The van der Waals surface area contributed by atoms with Gasteiger partial charge in [-0.1, -0.05) is 33.8 Å². The van der Waals surface area contributed by atoms with Gasteiger partial charge >= 0.3 is 0 Å². The zero-order valence-electron chi connectivity index (χ0n) is 10.7. The smallest absolute Gasteiger partial charge is 0.0887 e. The minimum Gasteiger partial charge on any atom is -0.385 e. The van der Waals surface area contributed by atoms with Crippen LogP contribution in [0.2, 0.25) is 0 Å². The molecule has 0 aromatic carbocycles. The summed E-state index contributed by atoms with van der Waals surface area (Å²) in [6, 6.07) is 0. The van der Waals surface area contributed by atoms with Crippen LogP contribution in [0.5, 0.6) is 0 Å². The topological polar surface area (TPSA) is 20.2 Å². The summed E-state index contributed by atoms with van der Waals surface area (Å²) in [5, 5.41) is 10.8. The van der Waals surface area contributed by atoms with Crippen molar-refractivity contribution < 1.29 is 5.11 Å². The third-order valence-electron chi connectivity index (χ3n) is 5.70. The second-order valence-electron chi connectivity index (χ2n) is 6.56. The van der Waals surface area contributed by atoms with Gasteiger partial charge in [-0.3, -0.25) is 0 Å². The van der Waals surface area contributed by atoms with E-state index >= 15 is 0 Å². The maximum atomic E-state index is 10.8. The minimum absolute atomic E-state index is 0.0408. The summed E-state index contributed by atoms with van der Waals surface area (Å²) in [5.41, 5.74) is 0.842. The van der Waals surface area contributed by atoms with Crippen LogP contribution in [0.4, 0.5) is 0 Å². The van der Waals surface area contributed by atoms with Crippen LogP contribution in [0.1, 0.15) is 53.9 Å². The van der Waals surface area contributed by atoms with E-state index in [4.69, 9.17) is 0 Å². The van der Waals surface area contributed by atoms with Gasteiger partial charge in [0.2, 0.25) is 0 Å². The van der Waals surface area contributed by atoms with Crippen molar-refractivity contribution in [3.63, 3.8) is 0 Å². The molecule has 0 aliphatic heterocycles. The Morgan fingerprint density at radius 1 is 1.20 bits per heavy atom. The molecule has 1 heteroatoms. The fourth-order valence-corrected chi connectivity index (χ4v) is 3.59. The standard InChI is InChI=1S/C14H24O/c1-12(2)10-8-6-7-9-11(10)14(5,15)13(12,3)4/h9-10,15H,6-8H2,1-5H3. The van der Waals surface area contributed by atoms with Crippen LogP contribution in [-0.4, -0.2) is 10.7 Å². The molecule has 0 aromatic rings. The molecule has 2 aliphatic carbocycles. The Labute approximate surface area is 93.6 Å². The third kappa shape index (κ3) is 1.13. The van der Waals surface area contributed by atoms with E-state index in [2.05, 4.69) is 33.8 Å². The van der Waals surface area contributed by atoms with Crippen LogP contribution in [-0.2, 0) is 0 Å². The van der Waals surface area contributed by atoms with Crippen LogP contribution in [0.25, 0.3) is 0 Å². The SMILES string of the molecule is CC1(O)C2=CCCCC2C(C)(C)C1(C)C. The van der Waals surface area contributed by atoms with Crippen molar-refractivity contribution in [1.82, 2.24) is 0 Å². The van der Waals surface area contributed by atoms with Gasteiger partial charge in [-0.25, -0.2) is 0 Å². The fourth-order valence-electron chi connectivity index (χ4n) is 3.59. The molecule has 1 N–H and O–H groups in total. The van der Waals surface area contributed by atoms with E-state index in [1.54, 1.807) is 0 Å². The number of rotatable bonds is 0. The quantitative estimate of drug-likeness (QED) is 0.604. The lowest BCUT2D eigenvalue weighted by Crippen LogP contribution is -2.44. The second-order valence-corrected chi connectivity index (χ2v) is 6.56. The first kappa shape index (κ1) is 11.2. The van der Waals surface area contributed by atoms with Gasteiger partial charge in [0, 0.05) is 5.41 Å². The highest BCUT2D eigenvalue weighted by Gasteiger charge is 2.63. The number of allylic oxidation sites excluding steroid dienone is 1. The number of fused-ring (bicyclic) bond motifs is 1. The summed E-state index contributed by atoms with van der Waals surface area (Å²) >= 11 is 0. The van der Waals surface area contributed by atoms with Crippen LogP contribution < -0.4 is 0 Å². The first-order valence-electron chi connectivity index (χ1n) is 6.16. The minimum atomic E-state index is -0.623. The second kappa shape index (κ2) is 2.88. The molecule has 15 heavy (non-hydrogen) atoms. The van der Waals surface area contributed by atoms with Gasteiger partial charge in [0.1, 0.15) is 0 Å². The van der Waals surface area contributed by atoms with Crippen LogP contribution >= 0.6 is 0 Å². The summed E-state index contributed by atoms with van der Waals surface area (Å²) in [4.78, 5) is 0. The molecule has 2 aliphatic rings. The molecular weight excluding hydrogens is 184 g/mol. The molecule has 0 heterocycles. The number of hydrogen-bond acceptors (Lipinski definition) is 1. The molecule has 1 saturated carbocycles. The van der Waals surface area contributed by atoms with Gasteiger partial charge in [-0.15, -0.1) is 0 Å². The Hall–Kier alpha value is -0.300. The molecule has 86 valence electrons. The third-order valence-corrected chi connectivity index (χ3v) is 5.70. The first-order chi connectivity index (χ1) is 6.73. The Balaban J connectivity index is 2.57. The fraction of sp³-hybridized carbons (Fsp3) is 0.857. The monoisotopic (exact) mass is 208 g/mol. The Kier molecular flexibility index (Phi) is 2.15. The highest BCUT2D eigenvalue weighted by molar-refractivity contribution is 5.34. The van der Waals surface area contributed by atoms with Gasteiger partial charge in [0.25, 0.3) is 0 Å². The maximum Gasteiger partial charge on any atom is 0.0887 e. The van der Waals surface area contributed by atoms with Crippen LogP contribution in [0.15, 0.2) is 11.6 Å². The zero-order valence-corrected chi connectivity index (χ0v) is 10.7. The predicted molar refractivity (Wildman–Crippen MR) is 63.6 cm³/mol.